The Morgan fingerprint density at radius 2 is 2.00 bits per heavy atom. The van der Waals surface area contributed by atoms with Crippen LogP contribution in [0.1, 0.15) is 44.3 Å². The lowest BCUT2D eigenvalue weighted by atomic mass is 10.1. The number of benzene rings is 1. The third kappa shape index (κ3) is 2.53. The maximum atomic E-state index is 6.33. The fraction of sp³-hybridized carbons (Fsp3) is 0.438. The summed E-state index contributed by atoms with van der Waals surface area (Å²) >= 11 is 12.4. The van der Waals surface area contributed by atoms with Gasteiger partial charge in [0.05, 0.1) is 10.0 Å². The molecule has 0 saturated heterocycles. The number of imidazole rings is 1. The first-order valence-corrected chi connectivity index (χ1v) is 8.19. The summed E-state index contributed by atoms with van der Waals surface area (Å²) in [6, 6.07) is 5.58. The normalized spacial score (nSPS) is 15.8. The van der Waals surface area contributed by atoms with E-state index in [1.165, 1.54) is 25.7 Å². The first kappa shape index (κ1) is 14.7. The van der Waals surface area contributed by atoms with Crippen LogP contribution < -0.4 is 5.73 Å². The van der Waals surface area contributed by atoms with Crippen LogP contribution >= 0.6 is 23.2 Å². The molecule has 2 N–H and O–H groups in total. The van der Waals surface area contributed by atoms with Gasteiger partial charge in [0.25, 0.3) is 0 Å². The van der Waals surface area contributed by atoms with Gasteiger partial charge in [-0.25, -0.2) is 4.98 Å². The van der Waals surface area contributed by atoms with Gasteiger partial charge in [0.1, 0.15) is 17.3 Å². The molecule has 1 fully saturated rings. The number of aromatic nitrogens is 2. The summed E-state index contributed by atoms with van der Waals surface area (Å²) in [5, 5.41) is 1.05. The lowest BCUT2D eigenvalue weighted by molar-refractivity contribution is 0.604. The number of nitrogen functional groups attached to an aromatic ring is 1. The van der Waals surface area contributed by atoms with Crippen LogP contribution in [0.15, 0.2) is 18.2 Å². The van der Waals surface area contributed by atoms with E-state index in [0.29, 0.717) is 21.8 Å². The Kier molecular flexibility index (Phi) is 4.14. The summed E-state index contributed by atoms with van der Waals surface area (Å²) in [6.45, 7) is 2.92. The van der Waals surface area contributed by atoms with Gasteiger partial charge in [-0.05, 0) is 25.8 Å². The summed E-state index contributed by atoms with van der Waals surface area (Å²) in [7, 11) is 0. The first-order valence-electron chi connectivity index (χ1n) is 7.43. The molecule has 0 spiro atoms. The molecule has 0 atom stereocenters. The third-order valence-electron chi connectivity index (χ3n) is 4.28. The minimum atomic E-state index is 0.513. The summed E-state index contributed by atoms with van der Waals surface area (Å²) in [5.41, 5.74) is 7.90. The molecule has 1 aromatic heterocycles. The summed E-state index contributed by atoms with van der Waals surface area (Å²) < 4.78 is 2.11. The van der Waals surface area contributed by atoms with Gasteiger partial charge in [-0.15, -0.1) is 0 Å². The van der Waals surface area contributed by atoms with Crippen molar-refractivity contribution in [3.8, 4) is 11.3 Å². The number of hydrogen-bond acceptors (Lipinski definition) is 2. The zero-order valence-electron chi connectivity index (χ0n) is 12.1. The van der Waals surface area contributed by atoms with Crippen LogP contribution in [-0.2, 0) is 6.54 Å². The van der Waals surface area contributed by atoms with Crippen molar-refractivity contribution in [2.45, 2.75) is 45.1 Å². The maximum absolute atomic E-state index is 6.33. The van der Waals surface area contributed by atoms with Crippen molar-refractivity contribution >= 4 is 29.0 Å². The van der Waals surface area contributed by atoms with Crippen LogP contribution in [0.2, 0.25) is 10.0 Å². The second-order valence-electron chi connectivity index (χ2n) is 5.53. The van der Waals surface area contributed by atoms with Gasteiger partial charge in [0.2, 0.25) is 0 Å². The minimum absolute atomic E-state index is 0.513. The summed E-state index contributed by atoms with van der Waals surface area (Å²) in [5.74, 6) is 2.29. The molecule has 3 nitrogen and oxygen atoms in total. The highest BCUT2D eigenvalue weighted by atomic mass is 35.5. The van der Waals surface area contributed by atoms with Gasteiger partial charge in [-0.3, -0.25) is 0 Å². The number of hydrogen-bond donors (Lipinski definition) is 1. The van der Waals surface area contributed by atoms with Crippen LogP contribution in [0.5, 0.6) is 0 Å². The Labute approximate surface area is 135 Å². The van der Waals surface area contributed by atoms with Crippen molar-refractivity contribution in [3.05, 3.63) is 34.1 Å². The van der Waals surface area contributed by atoms with E-state index in [9.17, 15) is 0 Å². The Morgan fingerprint density at radius 1 is 1.29 bits per heavy atom. The quantitative estimate of drug-likeness (QED) is 0.852. The Morgan fingerprint density at radius 3 is 2.67 bits per heavy atom. The smallest absolute Gasteiger partial charge is 0.131 e. The van der Waals surface area contributed by atoms with Crippen molar-refractivity contribution < 1.29 is 0 Å². The molecule has 21 heavy (non-hydrogen) atoms. The monoisotopic (exact) mass is 323 g/mol. The van der Waals surface area contributed by atoms with E-state index in [1.807, 2.05) is 12.1 Å². The van der Waals surface area contributed by atoms with E-state index >= 15 is 0 Å². The van der Waals surface area contributed by atoms with Gasteiger partial charge in [-0.1, -0.05) is 48.2 Å². The first-order chi connectivity index (χ1) is 10.1. The second-order valence-corrected chi connectivity index (χ2v) is 6.32. The molecular formula is C16H19Cl2N3. The highest BCUT2D eigenvalue weighted by molar-refractivity contribution is 6.43. The lowest BCUT2D eigenvalue weighted by Gasteiger charge is -2.11. The summed E-state index contributed by atoms with van der Waals surface area (Å²) in [4.78, 5) is 4.83. The molecule has 1 aliphatic carbocycles. The van der Waals surface area contributed by atoms with E-state index in [1.54, 1.807) is 6.07 Å². The topological polar surface area (TPSA) is 43.8 Å². The molecule has 3 rings (SSSR count). The van der Waals surface area contributed by atoms with Crippen molar-refractivity contribution in [2.75, 3.05) is 5.73 Å². The molecule has 2 aromatic rings. The zero-order valence-corrected chi connectivity index (χ0v) is 13.6. The Balaban J connectivity index is 2.13. The highest BCUT2D eigenvalue weighted by Gasteiger charge is 2.26. The van der Waals surface area contributed by atoms with Gasteiger partial charge in [0, 0.05) is 18.0 Å². The Bertz CT molecular complexity index is 658. The van der Waals surface area contributed by atoms with Crippen LogP contribution in [0.25, 0.3) is 11.3 Å². The predicted molar refractivity (Wildman–Crippen MR) is 89.0 cm³/mol. The number of nitrogens with zero attached hydrogens (tertiary/aromatic N) is 2. The molecule has 112 valence electrons. The van der Waals surface area contributed by atoms with Gasteiger partial charge in [0.15, 0.2) is 0 Å². The average molecular weight is 324 g/mol. The Hall–Kier alpha value is -1.19. The number of nitrogens with two attached hydrogens (primary N) is 1. The van der Waals surface area contributed by atoms with Gasteiger partial charge < -0.3 is 10.3 Å². The van der Waals surface area contributed by atoms with E-state index in [0.717, 1.165) is 23.6 Å². The van der Waals surface area contributed by atoms with Gasteiger partial charge >= 0.3 is 0 Å². The third-order valence-corrected chi connectivity index (χ3v) is 5.10. The number of rotatable bonds is 3. The fourth-order valence-electron chi connectivity index (χ4n) is 3.20. The van der Waals surface area contributed by atoms with Crippen molar-refractivity contribution in [1.82, 2.24) is 9.55 Å². The fourth-order valence-corrected chi connectivity index (χ4v) is 3.59. The average Bonchev–Trinajstić information content (AvgIpc) is 3.09. The van der Waals surface area contributed by atoms with Crippen molar-refractivity contribution in [3.63, 3.8) is 0 Å². The van der Waals surface area contributed by atoms with Crippen LogP contribution in [0.3, 0.4) is 0 Å². The van der Waals surface area contributed by atoms with E-state index in [-0.39, 0.29) is 0 Å². The molecule has 1 aliphatic rings. The van der Waals surface area contributed by atoms with E-state index in [2.05, 4.69) is 11.5 Å². The lowest BCUT2D eigenvalue weighted by Crippen LogP contribution is -2.08. The number of halogens is 2. The molecule has 0 amide bonds. The molecule has 1 heterocycles. The van der Waals surface area contributed by atoms with Gasteiger partial charge in [-0.2, -0.15) is 0 Å². The number of anilines is 1. The SMILES string of the molecule is CCn1c(C2CCCC2)nc(-c2cccc(Cl)c2Cl)c1N. The molecule has 0 aliphatic heterocycles. The van der Waals surface area contributed by atoms with Crippen LogP contribution in [-0.4, -0.2) is 9.55 Å². The van der Waals surface area contributed by atoms with E-state index in [4.69, 9.17) is 33.9 Å². The largest absolute Gasteiger partial charge is 0.383 e. The molecule has 0 radical (unpaired) electrons. The van der Waals surface area contributed by atoms with Crippen molar-refractivity contribution in [1.29, 1.82) is 0 Å². The highest BCUT2D eigenvalue weighted by Crippen LogP contribution is 2.40. The summed E-state index contributed by atoms with van der Waals surface area (Å²) in [6.07, 6.45) is 4.93. The molecule has 0 bridgehead atoms. The molecule has 1 aromatic carbocycles. The molecule has 5 heteroatoms. The minimum Gasteiger partial charge on any atom is -0.383 e. The zero-order chi connectivity index (χ0) is 15.0. The molecular weight excluding hydrogens is 305 g/mol. The predicted octanol–water partition coefficient (Wildman–Crippen LogP) is 5.12. The standard InChI is InChI=1S/C16H19Cl2N3/c1-2-21-15(19)14(11-8-5-9-12(17)13(11)18)20-16(21)10-6-3-4-7-10/h5,8-10H,2-4,6-7,19H2,1H3. The molecule has 1 saturated carbocycles. The molecule has 0 unspecified atom stereocenters. The van der Waals surface area contributed by atoms with Crippen LogP contribution in [0.4, 0.5) is 5.82 Å². The van der Waals surface area contributed by atoms with Crippen LogP contribution in [0, 0.1) is 0 Å². The second kappa shape index (κ2) is 5.90. The van der Waals surface area contributed by atoms with Crippen molar-refractivity contribution in [2.24, 2.45) is 0 Å². The van der Waals surface area contributed by atoms with E-state index < -0.39 is 0 Å². The maximum Gasteiger partial charge on any atom is 0.131 e.